The van der Waals surface area contributed by atoms with Crippen LogP contribution in [0.5, 0.6) is 0 Å². The van der Waals surface area contributed by atoms with Crippen molar-refractivity contribution in [2.45, 2.75) is 26.7 Å². The van der Waals surface area contributed by atoms with Crippen LogP contribution in [-0.4, -0.2) is 6.29 Å². The molecule has 1 aliphatic carbocycles. The summed E-state index contributed by atoms with van der Waals surface area (Å²) in [6.07, 6.45) is 3.05. The van der Waals surface area contributed by atoms with Crippen LogP contribution in [0.4, 0.5) is 0 Å². The van der Waals surface area contributed by atoms with Crippen molar-refractivity contribution >= 4 is 17.9 Å². The van der Waals surface area contributed by atoms with Crippen LogP contribution < -0.4 is 0 Å². The van der Waals surface area contributed by atoms with Gasteiger partial charge in [0.05, 0.1) is 0 Å². The van der Waals surface area contributed by atoms with Crippen molar-refractivity contribution in [3.8, 4) is 0 Å². The van der Waals surface area contributed by atoms with Gasteiger partial charge in [-0.25, -0.2) is 0 Å². The first kappa shape index (κ1) is 10.7. The summed E-state index contributed by atoms with van der Waals surface area (Å²) in [6.45, 7) is 4.02. The van der Waals surface area contributed by atoms with E-state index in [9.17, 15) is 4.79 Å². The van der Waals surface area contributed by atoms with Crippen molar-refractivity contribution in [3.63, 3.8) is 0 Å². The Bertz CT molecular complexity index is 396. The molecule has 0 N–H and O–H groups in total. The fraction of sp³-hybridized carbons (Fsp3) is 0.462. The summed E-state index contributed by atoms with van der Waals surface area (Å²) in [6, 6.07) is 6.03. The number of halogens is 1. The molecule has 0 amide bonds. The Balaban J connectivity index is 2.26. The van der Waals surface area contributed by atoms with Crippen molar-refractivity contribution in [3.05, 3.63) is 34.3 Å². The summed E-state index contributed by atoms with van der Waals surface area (Å²) in [5.74, 6) is 0.420. The Morgan fingerprint density at radius 1 is 1.33 bits per heavy atom. The van der Waals surface area contributed by atoms with Crippen molar-refractivity contribution in [2.24, 2.45) is 11.3 Å². The van der Waals surface area contributed by atoms with Crippen LogP contribution in [-0.2, 0) is 17.6 Å². The van der Waals surface area contributed by atoms with E-state index in [2.05, 4.69) is 6.07 Å². The number of rotatable bonds is 2. The van der Waals surface area contributed by atoms with E-state index in [4.69, 9.17) is 11.6 Å². The summed E-state index contributed by atoms with van der Waals surface area (Å²) in [5, 5.41) is 0.790. The molecule has 80 valence electrons. The standard InChI is InChI=1S/C13H15ClO/c1-13(2,8-15)11-5-9-3-4-12(14)7-10(9)6-11/h3-4,7-8,11H,5-6H2,1-2H3. The van der Waals surface area contributed by atoms with Crippen LogP contribution in [0.1, 0.15) is 25.0 Å². The van der Waals surface area contributed by atoms with Gasteiger partial charge in [-0.2, -0.15) is 0 Å². The maximum absolute atomic E-state index is 11.0. The number of carbonyl (C=O) groups is 1. The summed E-state index contributed by atoms with van der Waals surface area (Å²) < 4.78 is 0. The summed E-state index contributed by atoms with van der Waals surface area (Å²) in [5.41, 5.74) is 2.42. The molecule has 0 bridgehead atoms. The molecule has 1 aromatic rings. The molecule has 2 rings (SSSR count). The smallest absolute Gasteiger partial charge is 0.125 e. The number of hydrogen-bond donors (Lipinski definition) is 0. The molecule has 0 saturated carbocycles. The van der Waals surface area contributed by atoms with Crippen LogP contribution in [0.3, 0.4) is 0 Å². The molecule has 0 heterocycles. The Hall–Kier alpha value is -0.820. The fourth-order valence-corrected chi connectivity index (χ4v) is 2.40. The first-order chi connectivity index (χ1) is 7.03. The average Bonchev–Trinajstić information content (AvgIpc) is 2.61. The van der Waals surface area contributed by atoms with Crippen LogP contribution >= 0.6 is 11.6 Å². The second kappa shape index (κ2) is 3.64. The van der Waals surface area contributed by atoms with Gasteiger partial charge in [-0.1, -0.05) is 31.5 Å². The molecule has 1 aliphatic rings. The molecule has 15 heavy (non-hydrogen) atoms. The normalized spacial score (nSPS) is 20.1. The lowest BCUT2D eigenvalue weighted by Gasteiger charge is -2.24. The molecule has 2 heteroatoms. The molecule has 1 aromatic carbocycles. The second-order valence-electron chi connectivity index (χ2n) is 4.96. The summed E-state index contributed by atoms with van der Waals surface area (Å²) in [4.78, 5) is 11.0. The number of fused-ring (bicyclic) bond motifs is 1. The van der Waals surface area contributed by atoms with E-state index < -0.39 is 0 Å². The molecule has 0 saturated heterocycles. The van der Waals surface area contributed by atoms with Gasteiger partial charge in [0.25, 0.3) is 0 Å². The van der Waals surface area contributed by atoms with Crippen molar-refractivity contribution in [1.29, 1.82) is 0 Å². The highest BCUT2D eigenvalue weighted by Gasteiger charge is 2.34. The highest BCUT2D eigenvalue weighted by molar-refractivity contribution is 6.30. The molecule has 1 nitrogen and oxygen atoms in total. The molecule has 0 spiro atoms. The molecule has 0 aliphatic heterocycles. The van der Waals surface area contributed by atoms with Gasteiger partial charge in [0.2, 0.25) is 0 Å². The lowest BCUT2D eigenvalue weighted by Crippen LogP contribution is -2.25. The molecular weight excluding hydrogens is 208 g/mol. The van der Waals surface area contributed by atoms with Crippen LogP contribution in [0.2, 0.25) is 5.02 Å². The van der Waals surface area contributed by atoms with Gasteiger partial charge < -0.3 is 4.79 Å². The Labute approximate surface area is 95.4 Å². The van der Waals surface area contributed by atoms with E-state index >= 15 is 0 Å². The van der Waals surface area contributed by atoms with Gasteiger partial charge in [-0.05, 0) is 42.0 Å². The Kier molecular flexibility index (Phi) is 2.59. The van der Waals surface area contributed by atoms with Gasteiger partial charge in [-0.15, -0.1) is 0 Å². The van der Waals surface area contributed by atoms with Gasteiger partial charge in [-0.3, -0.25) is 0 Å². The molecule has 0 fully saturated rings. The fourth-order valence-electron chi connectivity index (χ4n) is 2.21. The summed E-state index contributed by atoms with van der Waals surface area (Å²) >= 11 is 5.95. The van der Waals surface area contributed by atoms with Crippen molar-refractivity contribution < 1.29 is 4.79 Å². The van der Waals surface area contributed by atoms with E-state index in [1.54, 1.807) is 0 Å². The maximum Gasteiger partial charge on any atom is 0.125 e. The van der Waals surface area contributed by atoms with E-state index in [0.717, 1.165) is 24.2 Å². The SMILES string of the molecule is CC(C)(C=O)C1Cc2ccc(Cl)cc2C1. The highest BCUT2D eigenvalue weighted by Crippen LogP contribution is 2.38. The number of carbonyl (C=O) groups excluding carboxylic acids is 1. The first-order valence-electron chi connectivity index (χ1n) is 5.26. The molecular formula is C13H15ClO. The minimum absolute atomic E-state index is 0.231. The van der Waals surface area contributed by atoms with E-state index in [0.29, 0.717) is 5.92 Å². The number of aldehydes is 1. The van der Waals surface area contributed by atoms with Crippen molar-refractivity contribution in [2.75, 3.05) is 0 Å². The zero-order chi connectivity index (χ0) is 11.1. The first-order valence-corrected chi connectivity index (χ1v) is 5.64. The average molecular weight is 223 g/mol. The maximum atomic E-state index is 11.0. The van der Waals surface area contributed by atoms with Gasteiger partial charge in [0.1, 0.15) is 6.29 Å². The predicted octanol–water partition coefficient (Wildman–Crippen LogP) is 3.28. The third-order valence-electron chi connectivity index (χ3n) is 3.46. The van der Waals surface area contributed by atoms with E-state index in [1.165, 1.54) is 11.1 Å². The molecule has 0 radical (unpaired) electrons. The third-order valence-corrected chi connectivity index (χ3v) is 3.69. The van der Waals surface area contributed by atoms with Crippen molar-refractivity contribution in [1.82, 2.24) is 0 Å². The van der Waals surface area contributed by atoms with Crippen LogP contribution in [0.15, 0.2) is 18.2 Å². The number of benzene rings is 1. The van der Waals surface area contributed by atoms with Gasteiger partial charge in [0, 0.05) is 10.4 Å². The zero-order valence-electron chi connectivity index (χ0n) is 9.09. The molecule has 1 atom stereocenters. The van der Waals surface area contributed by atoms with E-state index in [1.807, 2.05) is 26.0 Å². The number of hydrogen-bond acceptors (Lipinski definition) is 1. The minimum atomic E-state index is -0.231. The minimum Gasteiger partial charge on any atom is -0.303 e. The highest BCUT2D eigenvalue weighted by atomic mass is 35.5. The van der Waals surface area contributed by atoms with Crippen LogP contribution in [0.25, 0.3) is 0 Å². The lowest BCUT2D eigenvalue weighted by molar-refractivity contribution is -0.116. The Morgan fingerprint density at radius 2 is 2.00 bits per heavy atom. The monoisotopic (exact) mass is 222 g/mol. The van der Waals surface area contributed by atoms with Crippen LogP contribution in [0, 0.1) is 11.3 Å². The third kappa shape index (κ3) is 1.93. The second-order valence-corrected chi connectivity index (χ2v) is 5.39. The lowest BCUT2D eigenvalue weighted by atomic mass is 9.78. The predicted molar refractivity (Wildman–Crippen MR) is 62.2 cm³/mol. The van der Waals surface area contributed by atoms with Gasteiger partial charge in [0.15, 0.2) is 0 Å². The zero-order valence-corrected chi connectivity index (χ0v) is 9.84. The summed E-state index contributed by atoms with van der Waals surface area (Å²) in [7, 11) is 0. The molecule has 0 aromatic heterocycles. The Morgan fingerprint density at radius 3 is 2.67 bits per heavy atom. The topological polar surface area (TPSA) is 17.1 Å². The molecule has 1 unspecified atom stereocenters. The van der Waals surface area contributed by atoms with Gasteiger partial charge >= 0.3 is 0 Å². The van der Waals surface area contributed by atoms with E-state index in [-0.39, 0.29) is 5.41 Å². The quantitative estimate of drug-likeness (QED) is 0.702. The largest absolute Gasteiger partial charge is 0.303 e.